The molecule has 2 N–H and O–H groups in total. The first-order valence-corrected chi connectivity index (χ1v) is 4.99. The second kappa shape index (κ2) is 4.93. The van der Waals surface area contributed by atoms with E-state index in [1.807, 2.05) is 0 Å². The number of carbonyl (C=O) groups is 1. The Labute approximate surface area is 96.3 Å². The molecule has 1 aromatic rings. The van der Waals surface area contributed by atoms with E-state index in [-0.39, 0.29) is 0 Å². The van der Waals surface area contributed by atoms with Gasteiger partial charge in [-0.25, -0.2) is 4.79 Å². The maximum Gasteiger partial charge on any atom is 0.337 e. The molecule has 1 rings (SSSR count). The Morgan fingerprint density at radius 1 is 1.60 bits per heavy atom. The van der Waals surface area contributed by atoms with Crippen molar-refractivity contribution in [2.24, 2.45) is 4.99 Å². The van der Waals surface area contributed by atoms with Gasteiger partial charge in [0.15, 0.2) is 0 Å². The molecule has 0 radical (unpaired) electrons. The minimum Gasteiger partial charge on any atom is -0.465 e. The molecule has 0 saturated heterocycles. The largest absolute Gasteiger partial charge is 0.465 e. The van der Waals surface area contributed by atoms with Crippen LogP contribution in [0.5, 0.6) is 0 Å². The molecule has 0 atom stereocenters. The number of aliphatic imine (C=N–C) groups is 1. The van der Waals surface area contributed by atoms with E-state index in [1.54, 1.807) is 25.4 Å². The van der Waals surface area contributed by atoms with Crippen LogP contribution in [0.2, 0.25) is 0 Å². The number of nitrogens with two attached hydrogens (primary N) is 1. The Bertz CT molecular complexity index is 393. The van der Waals surface area contributed by atoms with E-state index in [2.05, 4.69) is 25.7 Å². The van der Waals surface area contributed by atoms with Gasteiger partial charge < -0.3 is 10.5 Å². The number of anilines is 1. The van der Waals surface area contributed by atoms with Gasteiger partial charge in [-0.3, -0.25) is 4.99 Å². The van der Waals surface area contributed by atoms with Crippen LogP contribution in [0.3, 0.4) is 0 Å². The van der Waals surface area contributed by atoms with E-state index in [9.17, 15) is 4.79 Å². The predicted molar refractivity (Wildman–Crippen MR) is 63.4 cm³/mol. The first kappa shape index (κ1) is 11.7. The fourth-order valence-electron chi connectivity index (χ4n) is 1.14. The summed E-state index contributed by atoms with van der Waals surface area (Å²) >= 11 is 3.32. The molecule has 0 amide bonds. The highest BCUT2D eigenvalue weighted by Gasteiger charge is 2.10. The number of hydrogen-bond acceptors (Lipinski definition) is 4. The summed E-state index contributed by atoms with van der Waals surface area (Å²) in [7, 11) is 2.98. The normalized spacial score (nSPS) is 10.6. The van der Waals surface area contributed by atoms with Gasteiger partial charge in [0.25, 0.3) is 0 Å². The number of carbonyl (C=O) groups excluding carboxylic acids is 1. The standard InChI is InChI=1S/C10H11BrN2O2/c1-13-5-7-8(11)3-6(4-9(7)12)10(14)15-2/h3-5H,12H2,1-2H3. The number of rotatable bonds is 2. The minimum absolute atomic E-state index is 0.412. The van der Waals surface area contributed by atoms with E-state index in [0.29, 0.717) is 15.7 Å². The molecular weight excluding hydrogens is 260 g/mol. The molecule has 5 heteroatoms. The monoisotopic (exact) mass is 270 g/mol. The van der Waals surface area contributed by atoms with Crippen molar-refractivity contribution in [3.8, 4) is 0 Å². The van der Waals surface area contributed by atoms with Crippen molar-refractivity contribution in [1.29, 1.82) is 0 Å². The zero-order chi connectivity index (χ0) is 11.4. The van der Waals surface area contributed by atoms with Crippen molar-refractivity contribution in [1.82, 2.24) is 0 Å². The fraction of sp³-hybridized carbons (Fsp3) is 0.200. The number of nitrogen functional groups attached to an aromatic ring is 1. The van der Waals surface area contributed by atoms with Crippen molar-refractivity contribution >= 4 is 33.8 Å². The summed E-state index contributed by atoms with van der Waals surface area (Å²) in [6.45, 7) is 0. The number of halogens is 1. The van der Waals surface area contributed by atoms with Gasteiger partial charge in [-0.05, 0) is 12.1 Å². The second-order valence-electron chi connectivity index (χ2n) is 2.84. The maximum atomic E-state index is 11.3. The Morgan fingerprint density at radius 3 is 2.73 bits per heavy atom. The molecule has 0 aliphatic carbocycles. The number of nitrogens with zero attached hydrogens (tertiary/aromatic N) is 1. The molecule has 0 aliphatic rings. The highest BCUT2D eigenvalue weighted by Crippen LogP contribution is 2.23. The van der Waals surface area contributed by atoms with E-state index < -0.39 is 5.97 Å². The third-order valence-corrected chi connectivity index (χ3v) is 2.50. The highest BCUT2D eigenvalue weighted by atomic mass is 79.9. The van der Waals surface area contributed by atoms with E-state index >= 15 is 0 Å². The third-order valence-electron chi connectivity index (χ3n) is 1.84. The van der Waals surface area contributed by atoms with Crippen LogP contribution >= 0.6 is 15.9 Å². The Kier molecular flexibility index (Phi) is 3.85. The van der Waals surface area contributed by atoms with Crippen molar-refractivity contribution in [2.75, 3.05) is 19.9 Å². The van der Waals surface area contributed by atoms with Crippen molar-refractivity contribution in [2.45, 2.75) is 0 Å². The summed E-state index contributed by atoms with van der Waals surface area (Å²) in [5, 5.41) is 0. The second-order valence-corrected chi connectivity index (χ2v) is 3.69. The Balaban J connectivity index is 3.25. The molecule has 0 bridgehead atoms. The molecule has 0 aromatic heterocycles. The molecule has 1 aromatic carbocycles. The van der Waals surface area contributed by atoms with Crippen LogP contribution < -0.4 is 5.73 Å². The SMILES string of the molecule is CN=Cc1c(N)cc(C(=O)OC)cc1Br. The highest BCUT2D eigenvalue weighted by molar-refractivity contribution is 9.10. The molecule has 0 aliphatic heterocycles. The van der Waals surface area contributed by atoms with E-state index in [4.69, 9.17) is 5.73 Å². The van der Waals surface area contributed by atoms with Crippen molar-refractivity contribution in [3.05, 3.63) is 27.7 Å². The van der Waals surface area contributed by atoms with Gasteiger partial charge in [0.2, 0.25) is 0 Å². The van der Waals surface area contributed by atoms with Crippen LogP contribution in [0.15, 0.2) is 21.6 Å². The lowest BCUT2D eigenvalue weighted by Crippen LogP contribution is -2.04. The van der Waals surface area contributed by atoms with Crippen LogP contribution in [0.1, 0.15) is 15.9 Å². The quantitative estimate of drug-likeness (QED) is 0.507. The van der Waals surface area contributed by atoms with Crippen LogP contribution in [0.4, 0.5) is 5.69 Å². The van der Waals surface area contributed by atoms with Gasteiger partial charge in [-0.2, -0.15) is 0 Å². The van der Waals surface area contributed by atoms with Crippen molar-refractivity contribution < 1.29 is 9.53 Å². The Hall–Kier alpha value is -1.36. The topological polar surface area (TPSA) is 64.7 Å². The zero-order valence-corrected chi connectivity index (χ0v) is 10.0. The molecule has 80 valence electrons. The number of ether oxygens (including phenoxy) is 1. The smallest absolute Gasteiger partial charge is 0.337 e. The number of benzene rings is 1. The summed E-state index contributed by atoms with van der Waals surface area (Å²) in [4.78, 5) is 15.1. The fourth-order valence-corrected chi connectivity index (χ4v) is 1.72. The van der Waals surface area contributed by atoms with Crippen molar-refractivity contribution in [3.63, 3.8) is 0 Å². The lowest BCUT2D eigenvalue weighted by atomic mass is 10.1. The van der Waals surface area contributed by atoms with E-state index in [0.717, 1.165) is 5.56 Å². The molecule has 0 fully saturated rings. The van der Waals surface area contributed by atoms with Crippen LogP contribution in [0.25, 0.3) is 0 Å². The summed E-state index contributed by atoms with van der Waals surface area (Å²) in [6.07, 6.45) is 1.63. The van der Waals surface area contributed by atoms with E-state index in [1.165, 1.54) is 7.11 Å². The molecular formula is C10H11BrN2O2. The average Bonchev–Trinajstić information content (AvgIpc) is 2.22. The molecule has 0 saturated carbocycles. The molecule has 4 nitrogen and oxygen atoms in total. The molecule has 0 heterocycles. The van der Waals surface area contributed by atoms with Gasteiger partial charge in [0.1, 0.15) is 0 Å². The number of esters is 1. The minimum atomic E-state index is -0.414. The lowest BCUT2D eigenvalue weighted by molar-refractivity contribution is 0.0600. The van der Waals surface area contributed by atoms with Gasteiger partial charge in [-0.15, -0.1) is 0 Å². The summed E-state index contributed by atoms with van der Waals surface area (Å²) in [5.74, 6) is -0.414. The number of methoxy groups -OCH3 is 1. The first-order valence-electron chi connectivity index (χ1n) is 4.19. The summed E-state index contributed by atoms with van der Waals surface area (Å²) < 4.78 is 5.31. The Morgan fingerprint density at radius 2 is 2.27 bits per heavy atom. The van der Waals surface area contributed by atoms with Crippen LogP contribution in [0, 0.1) is 0 Å². The van der Waals surface area contributed by atoms with Gasteiger partial charge >= 0.3 is 5.97 Å². The maximum absolute atomic E-state index is 11.3. The predicted octanol–water partition coefficient (Wildman–Crippen LogP) is 1.87. The van der Waals surface area contributed by atoms with Gasteiger partial charge in [-0.1, -0.05) is 15.9 Å². The summed E-state index contributed by atoms with van der Waals surface area (Å²) in [5.41, 5.74) is 7.42. The molecule has 15 heavy (non-hydrogen) atoms. The van der Waals surface area contributed by atoms with Crippen LogP contribution in [-0.2, 0) is 4.74 Å². The third kappa shape index (κ3) is 2.56. The number of hydrogen-bond donors (Lipinski definition) is 1. The lowest BCUT2D eigenvalue weighted by Gasteiger charge is -2.06. The van der Waals surface area contributed by atoms with Gasteiger partial charge in [0.05, 0.1) is 12.7 Å². The van der Waals surface area contributed by atoms with Crippen LogP contribution in [-0.4, -0.2) is 26.3 Å². The molecule has 0 unspecified atom stereocenters. The first-order chi connectivity index (χ1) is 7.10. The summed E-state index contributed by atoms with van der Waals surface area (Å²) in [6, 6.07) is 3.22. The average molecular weight is 271 g/mol. The van der Waals surface area contributed by atoms with Gasteiger partial charge in [0, 0.05) is 29.0 Å². The molecule has 0 spiro atoms. The zero-order valence-electron chi connectivity index (χ0n) is 8.45.